The van der Waals surface area contributed by atoms with Crippen LogP contribution in [0.15, 0.2) is 54.6 Å². The molecule has 1 heterocycles. The average molecular weight is 585 g/mol. The molecule has 7 heteroatoms. The van der Waals surface area contributed by atoms with Crippen molar-refractivity contribution >= 4 is 6.08 Å². The number of hydrogen-bond donors (Lipinski definition) is 0. The zero-order chi connectivity index (χ0) is 29.9. The molecule has 0 radical (unpaired) electrons. The second-order valence-electron chi connectivity index (χ2n) is 10.8. The molecular formula is C35H40F4O3. The highest BCUT2D eigenvalue weighted by Gasteiger charge is 2.21. The van der Waals surface area contributed by atoms with Crippen LogP contribution >= 0.6 is 0 Å². The summed E-state index contributed by atoms with van der Waals surface area (Å²) in [5.41, 5.74) is 1.02. The number of benzene rings is 3. The van der Waals surface area contributed by atoms with Crippen molar-refractivity contribution in [1.29, 1.82) is 0 Å². The predicted octanol–water partition coefficient (Wildman–Crippen LogP) is 10.1. The van der Waals surface area contributed by atoms with Crippen LogP contribution in [0.1, 0.15) is 70.8 Å². The van der Waals surface area contributed by atoms with Crippen molar-refractivity contribution in [3.05, 3.63) is 83.4 Å². The number of rotatable bonds is 14. The third kappa shape index (κ3) is 8.23. The van der Waals surface area contributed by atoms with Gasteiger partial charge in [-0.25, -0.2) is 13.2 Å². The quantitative estimate of drug-likeness (QED) is 0.139. The molecule has 0 spiro atoms. The second kappa shape index (κ2) is 15.9. The minimum Gasteiger partial charge on any atom is -0.490 e. The third-order valence-electron chi connectivity index (χ3n) is 7.56. The lowest BCUT2D eigenvalue weighted by Crippen LogP contribution is -2.30. The molecule has 3 aromatic rings. The number of halogens is 4. The zero-order valence-corrected chi connectivity index (χ0v) is 24.4. The van der Waals surface area contributed by atoms with E-state index in [-0.39, 0.29) is 22.4 Å². The monoisotopic (exact) mass is 584 g/mol. The second-order valence-corrected chi connectivity index (χ2v) is 10.8. The van der Waals surface area contributed by atoms with Crippen LogP contribution in [0, 0.1) is 29.2 Å². The van der Waals surface area contributed by atoms with E-state index >= 15 is 4.39 Å². The van der Waals surface area contributed by atoms with E-state index in [9.17, 15) is 13.2 Å². The van der Waals surface area contributed by atoms with Gasteiger partial charge in [0.15, 0.2) is 29.5 Å². The minimum atomic E-state index is -1.04. The van der Waals surface area contributed by atoms with Crippen molar-refractivity contribution in [3.8, 4) is 28.0 Å². The van der Waals surface area contributed by atoms with E-state index in [2.05, 4.69) is 13.8 Å². The Morgan fingerprint density at radius 2 is 1.29 bits per heavy atom. The number of unbranched alkanes of at least 4 members (excludes halogenated alkanes) is 5. The van der Waals surface area contributed by atoms with Gasteiger partial charge in [-0.05, 0) is 42.2 Å². The normalized spacial score (nSPS) is 17.2. The Balaban J connectivity index is 1.39. The molecule has 0 amide bonds. The van der Waals surface area contributed by atoms with Gasteiger partial charge in [0.25, 0.3) is 0 Å². The summed E-state index contributed by atoms with van der Waals surface area (Å²) in [6.07, 6.45) is 10.9. The molecule has 1 saturated heterocycles. The van der Waals surface area contributed by atoms with Gasteiger partial charge >= 0.3 is 0 Å². The summed E-state index contributed by atoms with van der Waals surface area (Å²) in [6.45, 7) is 5.74. The fourth-order valence-electron chi connectivity index (χ4n) is 5.02. The Morgan fingerprint density at radius 1 is 0.690 bits per heavy atom. The van der Waals surface area contributed by atoms with Crippen molar-refractivity contribution < 1.29 is 31.8 Å². The minimum absolute atomic E-state index is 0.0592. The van der Waals surface area contributed by atoms with E-state index in [0.29, 0.717) is 36.9 Å². The molecule has 226 valence electrons. The van der Waals surface area contributed by atoms with Crippen LogP contribution in [0.25, 0.3) is 28.3 Å². The van der Waals surface area contributed by atoms with Crippen LogP contribution in [0.5, 0.6) is 5.75 Å². The zero-order valence-electron chi connectivity index (χ0n) is 24.4. The van der Waals surface area contributed by atoms with E-state index in [1.165, 1.54) is 36.8 Å². The van der Waals surface area contributed by atoms with Crippen molar-refractivity contribution in [1.82, 2.24) is 0 Å². The molecule has 1 aliphatic heterocycles. The molecular weight excluding hydrogens is 544 g/mol. The van der Waals surface area contributed by atoms with E-state index < -0.39 is 29.6 Å². The molecule has 3 nitrogen and oxygen atoms in total. The van der Waals surface area contributed by atoms with Gasteiger partial charge in [0.2, 0.25) is 5.82 Å². The average Bonchev–Trinajstić information content (AvgIpc) is 3.01. The molecule has 0 saturated carbocycles. The molecule has 0 bridgehead atoms. The topological polar surface area (TPSA) is 27.7 Å². The Morgan fingerprint density at radius 3 is 1.93 bits per heavy atom. The lowest BCUT2D eigenvalue weighted by Gasteiger charge is -2.27. The first-order valence-electron chi connectivity index (χ1n) is 15.0. The first kappa shape index (κ1) is 31.8. The standard InChI is InChI=1S/C35H40F4O3/c1-3-5-7-9-21-40-30-19-18-29(34(38)35(30)39)26-13-11-25(12-14-26)28-17-15-27(32(36)33(28)37)16-20-31-41-22-24(23-42-31)10-8-6-4-2/h11-20,24,31H,3-10,21-23H2,1-2H3. The van der Waals surface area contributed by atoms with E-state index in [1.807, 2.05) is 0 Å². The van der Waals surface area contributed by atoms with Crippen molar-refractivity contribution in [2.24, 2.45) is 5.92 Å². The lowest BCUT2D eigenvalue weighted by molar-refractivity contribution is -0.175. The lowest BCUT2D eigenvalue weighted by atomic mass is 9.98. The van der Waals surface area contributed by atoms with Gasteiger partial charge in [-0.1, -0.05) is 94.8 Å². The first-order valence-corrected chi connectivity index (χ1v) is 15.0. The summed E-state index contributed by atoms with van der Waals surface area (Å²) in [7, 11) is 0. The fraction of sp³-hybridized carbons (Fsp3) is 0.429. The van der Waals surface area contributed by atoms with Crippen LogP contribution in [0.4, 0.5) is 17.6 Å². The maximum Gasteiger partial charge on any atom is 0.201 e. The van der Waals surface area contributed by atoms with Gasteiger partial charge in [0.05, 0.1) is 19.8 Å². The SMILES string of the molecule is CCCCCCOc1ccc(-c2ccc(-c3ccc(C=CC4OCC(CCCCC)CO4)c(F)c3F)cc2)c(F)c1F. The first-order chi connectivity index (χ1) is 20.4. The van der Waals surface area contributed by atoms with Crippen molar-refractivity contribution in [2.75, 3.05) is 19.8 Å². The maximum absolute atomic E-state index is 15.1. The Hall–Kier alpha value is -3.16. The van der Waals surface area contributed by atoms with Crippen LogP contribution in [-0.2, 0) is 9.47 Å². The molecule has 1 aliphatic rings. The van der Waals surface area contributed by atoms with Gasteiger partial charge in [-0.2, -0.15) is 4.39 Å². The molecule has 0 unspecified atom stereocenters. The number of ether oxygens (including phenoxy) is 3. The van der Waals surface area contributed by atoms with Gasteiger partial charge in [0, 0.05) is 22.6 Å². The molecule has 0 aromatic heterocycles. The summed E-state index contributed by atoms with van der Waals surface area (Å²) in [4.78, 5) is 0. The van der Waals surface area contributed by atoms with E-state index in [1.54, 1.807) is 30.3 Å². The van der Waals surface area contributed by atoms with Crippen LogP contribution in [0.3, 0.4) is 0 Å². The van der Waals surface area contributed by atoms with Gasteiger partial charge < -0.3 is 14.2 Å². The van der Waals surface area contributed by atoms with Crippen molar-refractivity contribution in [2.45, 2.75) is 71.5 Å². The van der Waals surface area contributed by atoms with Crippen LogP contribution in [-0.4, -0.2) is 26.1 Å². The molecule has 0 aliphatic carbocycles. The summed E-state index contributed by atoms with van der Waals surface area (Å²) in [5, 5.41) is 0. The molecule has 0 N–H and O–H groups in total. The fourth-order valence-corrected chi connectivity index (χ4v) is 5.02. The highest BCUT2D eigenvalue weighted by Crippen LogP contribution is 2.33. The Kier molecular flexibility index (Phi) is 12.0. The van der Waals surface area contributed by atoms with Gasteiger partial charge in [-0.15, -0.1) is 0 Å². The van der Waals surface area contributed by atoms with E-state index in [4.69, 9.17) is 14.2 Å². The molecule has 42 heavy (non-hydrogen) atoms. The molecule has 4 rings (SSSR count). The largest absolute Gasteiger partial charge is 0.490 e. The molecule has 1 fully saturated rings. The molecule has 3 aromatic carbocycles. The van der Waals surface area contributed by atoms with Gasteiger partial charge in [0.1, 0.15) is 0 Å². The highest BCUT2D eigenvalue weighted by atomic mass is 19.2. The number of hydrogen-bond acceptors (Lipinski definition) is 3. The molecule has 0 atom stereocenters. The Bertz CT molecular complexity index is 1310. The maximum atomic E-state index is 15.1. The summed E-state index contributed by atoms with van der Waals surface area (Å²) >= 11 is 0. The highest BCUT2D eigenvalue weighted by molar-refractivity contribution is 5.72. The third-order valence-corrected chi connectivity index (χ3v) is 7.56. The summed E-state index contributed by atoms with van der Waals surface area (Å²) < 4.78 is 76.4. The van der Waals surface area contributed by atoms with Crippen LogP contribution < -0.4 is 4.74 Å². The summed E-state index contributed by atoms with van der Waals surface area (Å²) in [6, 6.07) is 12.1. The predicted molar refractivity (Wildman–Crippen MR) is 159 cm³/mol. The van der Waals surface area contributed by atoms with Crippen LogP contribution in [0.2, 0.25) is 0 Å². The van der Waals surface area contributed by atoms with E-state index in [0.717, 1.165) is 44.9 Å². The smallest absolute Gasteiger partial charge is 0.201 e. The Labute approximate surface area is 246 Å². The van der Waals surface area contributed by atoms with Gasteiger partial charge in [-0.3, -0.25) is 0 Å². The summed E-state index contributed by atoms with van der Waals surface area (Å²) in [5.74, 6) is -3.80. The van der Waals surface area contributed by atoms with Crippen molar-refractivity contribution in [3.63, 3.8) is 0 Å².